The van der Waals surface area contributed by atoms with E-state index in [9.17, 15) is 9.59 Å². The number of hydrogen-bond acceptors (Lipinski definition) is 5. The number of methoxy groups -OCH3 is 1. The number of carbonyl (C=O) groups is 2. The van der Waals surface area contributed by atoms with Crippen molar-refractivity contribution in [1.82, 2.24) is 5.32 Å². The first-order valence-corrected chi connectivity index (χ1v) is 4.76. The van der Waals surface area contributed by atoms with Crippen LogP contribution in [0.4, 0.5) is 0 Å². The number of rotatable bonds is 4. The molecule has 6 heteroatoms. The number of esters is 1. The van der Waals surface area contributed by atoms with Crippen LogP contribution in [-0.4, -0.2) is 25.0 Å². The summed E-state index contributed by atoms with van der Waals surface area (Å²) in [5.41, 5.74) is 5.33. The summed E-state index contributed by atoms with van der Waals surface area (Å²) in [6, 6.07) is 2.39. The molecule has 88 valence electrons. The maximum Gasteiger partial charge on any atom is 0.328 e. The molecule has 0 spiro atoms. The average molecular weight is 226 g/mol. The molecule has 1 amide bonds. The van der Waals surface area contributed by atoms with E-state index < -0.39 is 17.9 Å². The van der Waals surface area contributed by atoms with Gasteiger partial charge >= 0.3 is 5.97 Å². The normalized spacial score (nSPS) is 11.9. The quantitative estimate of drug-likeness (QED) is 0.706. The molecule has 1 atom stereocenters. The van der Waals surface area contributed by atoms with Gasteiger partial charge in [-0.3, -0.25) is 4.79 Å². The molecule has 16 heavy (non-hydrogen) atoms. The summed E-state index contributed by atoms with van der Waals surface area (Å²) in [5, 5.41) is 2.44. The highest BCUT2D eigenvalue weighted by Gasteiger charge is 2.18. The highest BCUT2D eigenvalue weighted by molar-refractivity contribution is 5.94. The zero-order valence-electron chi connectivity index (χ0n) is 9.15. The molecule has 0 radical (unpaired) electrons. The van der Waals surface area contributed by atoms with E-state index in [-0.39, 0.29) is 12.3 Å². The highest BCUT2D eigenvalue weighted by Crippen LogP contribution is 2.07. The predicted molar refractivity (Wildman–Crippen MR) is 55.5 cm³/mol. The fourth-order valence-corrected chi connectivity index (χ4v) is 1.11. The Morgan fingerprint density at radius 3 is 2.75 bits per heavy atom. The molecule has 0 aliphatic heterocycles. The van der Waals surface area contributed by atoms with E-state index in [0.29, 0.717) is 5.76 Å². The Kier molecular flexibility index (Phi) is 4.07. The summed E-state index contributed by atoms with van der Waals surface area (Å²) < 4.78 is 9.59. The Bertz CT molecular complexity index is 386. The van der Waals surface area contributed by atoms with Crippen molar-refractivity contribution in [3.8, 4) is 0 Å². The molecule has 0 saturated carbocycles. The van der Waals surface area contributed by atoms with Gasteiger partial charge in [-0.05, 0) is 19.1 Å². The van der Waals surface area contributed by atoms with E-state index in [1.807, 2.05) is 0 Å². The largest absolute Gasteiger partial charge is 0.467 e. The molecular weight excluding hydrogens is 212 g/mol. The monoisotopic (exact) mass is 226 g/mol. The SMILES string of the molecule is COC(=O)[C@H](C)NC(=O)c1ccc(CN)o1. The molecule has 0 unspecified atom stereocenters. The minimum Gasteiger partial charge on any atom is -0.467 e. The van der Waals surface area contributed by atoms with E-state index in [1.165, 1.54) is 20.1 Å². The van der Waals surface area contributed by atoms with Crippen molar-refractivity contribution in [3.05, 3.63) is 23.7 Å². The summed E-state index contributed by atoms with van der Waals surface area (Å²) in [7, 11) is 1.25. The third-order valence-corrected chi connectivity index (χ3v) is 1.99. The molecule has 0 aromatic carbocycles. The van der Waals surface area contributed by atoms with Crippen LogP contribution in [-0.2, 0) is 16.1 Å². The lowest BCUT2D eigenvalue weighted by atomic mass is 10.3. The fraction of sp³-hybridized carbons (Fsp3) is 0.400. The number of furan rings is 1. The lowest BCUT2D eigenvalue weighted by Gasteiger charge is -2.09. The minimum atomic E-state index is -0.719. The standard InChI is InChI=1S/C10H14N2O4/c1-6(10(14)15-2)12-9(13)8-4-3-7(5-11)16-8/h3-4,6H,5,11H2,1-2H3,(H,12,13)/t6-/m0/s1. The van der Waals surface area contributed by atoms with Gasteiger partial charge in [0.05, 0.1) is 13.7 Å². The van der Waals surface area contributed by atoms with Gasteiger partial charge in [0.25, 0.3) is 5.91 Å². The molecular formula is C10H14N2O4. The van der Waals surface area contributed by atoms with Crippen molar-refractivity contribution >= 4 is 11.9 Å². The molecule has 0 aliphatic rings. The van der Waals surface area contributed by atoms with Gasteiger partial charge in [-0.25, -0.2) is 4.79 Å². The van der Waals surface area contributed by atoms with Crippen LogP contribution in [0.25, 0.3) is 0 Å². The second kappa shape index (κ2) is 5.32. The van der Waals surface area contributed by atoms with Crippen LogP contribution in [0.1, 0.15) is 23.2 Å². The second-order valence-electron chi connectivity index (χ2n) is 3.19. The van der Waals surface area contributed by atoms with Crippen LogP contribution in [0.5, 0.6) is 0 Å². The molecule has 0 fully saturated rings. The topological polar surface area (TPSA) is 94.6 Å². The number of amides is 1. The van der Waals surface area contributed by atoms with Crippen LogP contribution in [0.3, 0.4) is 0 Å². The van der Waals surface area contributed by atoms with Gasteiger partial charge in [-0.1, -0.05) is 0 Å². The van der Waals surface area contributed by atoms with Crippen molar-refractivity contribution in [2.24, 2.45) is 5.73 Å². The van der Waals surface area contributed by atoms with Crippen LogP contribution in [0.2, 0.25) is 0 Å². The second-order valence-corrected chi connectivity index (χ2v) is 3.19. The summed E-state index contributed by atoms with van der Waals surface area (Å²) in [4.78, 5) is 22.6. The van der Waals surface area contributed by atoms with E-state index in [0.717, 1.165) is 0 Å². The Morgan fingerprint density at radius 2 is 2.25 bits per heavy atom. The van der Waals surface area contributed by atoms with Gasteiger partial charge in [-0.15, -0.1) is 0 Å². The number of ether oxygens (including phenoxy) is 1. The van der Waals surface area contributed by atoms with Crippen LogP contribution < -0.4 is 11.1 Å². The highest BCUT2D eigenvalue weighted by atomic mass is 16.5. The zero-order chi connectivity index (χ0) is 12.1. The average Bonchev–Trinajstić information content (AvgIpc) is 2.76. The number of hydrogen-bond donors (Lipinski definition) is 2. The molecule has 1 aromatic rings. The lowest BCUT2D eigenvalue weighted by Crippen LogP contribution is -2.38. The molecule has 1 heterocycles. The predicted octanol–water partition coefficient (Wildman–Crippen LogP) is 0.0296. The van der Waals surface area contributed by atoms with Crippen molar-refractivity contribution in [1.29, 1.82) is 0 Å². The van der Waals surface area contributed by atoms with E-state index in [2.05, 4.69) is 10.1 Å². The summed E-state index contributed by atoms with van der Waals surface area (Å²) in [6.45, 7) is 1.75. The van der Waals surface area contributed by atoms with Gasteiger partial charge in [0.15, 0.2) is 5.76 Å². The molecule has 6 nitrogen and oxygen atoms in total. The number of nitrogens with one attached hydrogen (secondary N) is 1. The van der Waals surface area contributed by atoms with Gasteiger partial charge in [0, 0.05) is 0 Å². The van der Waals surface area contributed by atoms with Gasteiger partial charge < -0.3 is 20.2 Å². The summed E-state index contributed by atoms with van der Waals surface area (Å²) in [5.74, 6) is -0.358. The first-order chi connectivity index (χ1) is 7.58. The van der Waals surface area contributed by atoms with Gasteiger partial charge in [-0.2, -0.15) is 0 Å². The first-order valence-electron chi connectivity index (χ1n) is 4.76. The van der Waals surface area contributed by atoms with Crippen molar-refractivity contribution < 1.29 is 18.7 Å². The summed E-state index contributed by atoms with van der Waals surface area (Å²) in [6.07, 6.45) is 0. The molecule has 3 N–H and O–H groups in total. The van der Waals surface area contributed by atoms with Crippen LogP contribution >= 0.6 is 0 Å². The van der Waals surface area contributed by atoms with Gasteiger partial charge in [0.1, 0.15) is 11.8 Å². The molecule has 0 bridgehead atoms. The molecule has 0 saturated heterocycles. The van der Waals surface area contributed by atoms with E-state index in [4.69, 9.17) is 10.2 Å². The maximum atomic E-state index is 11.6. The third-order valence-electron chi connectivity index (χ3n) is 1.99. The van der Waals surface area contributed by atoms with Gasteiger partial charge in [0.2, 0.25) is 0 Å². The first kappa shape index (κ1) is 12.3. The Balaban J connectivity index is 2.61. The molecule has 1 aromatic heterocycles. The van der Waals surface area contributed by atoms with Crippen molar-refractivity contribution in [2.45, 2.75) is 19.5 Å². The Labute approximate surface area is 92.7 Å². The van der Waals surface area contributed by atoms with Crippen molar-refractivity contribution in [2.75, 3.05) is 7.11 Å². The Morgan fingerprint density at radius 1 is 1.56 bits per heavy atom. The van der Waals surface area contributed by atoms with Crippen LogP contribution in [0.15, 0.2) is 16.5 Å². The third kappa shape index (κ3) is 2.83. The number of carbonyl (C=O) groups excluding carboxylic acids is 2. The zero-order valence-corrected chi connectivity index (χ0v) is 9.15. The van der Waals surface area contributed by atoms with E-state index in [1.54, 1.807) is 6.07 Å². The summed E-state index contributed by atoms with van der Waals surface area (Å²) >= 11 is 0. The number of nitrogens with two attached hydrogens (primary N) is 1. The smallest absolute Gasteiger partial charge is 0.328 e. The molecule has 1 rings (SSSR count). The van der Waals surface area contributed by atoms with Crippen LogP contribution in [0, 0.1) is 0 Å². The maximum absolute atomic E-state index is 11.6. The minimum absolute atomic E-state index is 0.121. The lowest BCUT2D eigenvalue weighted by molar-refractivity contribution is -0.142. The fourth-order valence-electron chi connectivity index (χ4n) is 1.11. The van der Waals surface area contributed by atoms with E-state index >= 15 is 0 Å². The Hall–Kier alpha value is -1.82. The van der Waals surface area contributed by atoms with Crippen molar-refractivity contribution in [3.63, 3.8) is 0 Å². The molecule has 0 aliphatic carbocycles.